The fourth-order valence-electron chi connectivity index (χ4n) is 3.77. The van der Waals surface area contributed by atoms with Crippen molar-refractivity contribution in [2.75, 3.05) is 20.2 Å². The molecule has 1 aromatic heterocycles. The van der Waals surface area contributed by atoms with Crippen molar-refractivity contribution in [3.63, 3.8) is 0 Å². The summed E-state index contributed by atoms with van der Waals surface area (Å²) in [6, 6.07) is 11.1. The van der Waals surface area contributed by atoms with Crippen LogP contribution in [-0.2, 0) is 14.8 Å². The standard InChI is InChI=1S/C22H30N2O4S2/c1-16(2)15-20(17-6-8-19(28-3)9-7-17)23-22(25)18-10-12-24(13-11-18)30(26,27)21-5-4-14-29-21/h4-9,14,16,18,20H,10-13,15H2,1-3H3,(H,23,25)/t20-/m1/s1. The van der Waals surface area contributed by atoms with E-state index in [4.69, 9.17) is 4.74 Å². The number of benzene rings is 1. The number of nitrogens with zero attached hydrogens (tertiary/aromatic N) is 1. The van der Waals surface area contributed by atoms with Gasteiger partial charge < -0.3 is 10.1 Å². The lowest BCUT2D eigenvalue weighted by molar-refractivity contribution is -0.127. The summed E-state index contributed by atoms with van der Waals surface area (Å²) in [5, 5.41) is 4.97. The molecule has 164 valence electrons. The van der Waals surface area contributed by atoms with Gasteiger partial charge in [0.2, 0.25) is 5.91 Å². The molecule has 0 saturated carbocycles. The minimum atomic E-state index is -3.45. The summed E-state index contributed by atoms with van der Waals surface area (Å²) in [4.78, 5) is 13.0. The van der Waals surface area contributed by atoms with Gasteiger partial charge in [0.1, 0.15) is 9.96 Å². The normalized spacial score (nSPS) is 17.1. The second-order valence-electron chi connectivity index (χ2n) is 8.07. The van der Waals surface area contributed by atoms with Crippen molar-refractivity contribution in [3.05, 3.63) is 47.3 Å². The first-order chi connectivity index (χ1) is 14.3. The number of amides is 1. The lowest BCUT2D eigenvalue weighted by atomic mass is 9.93. The van der Waals surface area contributed by atoms with Gasteiger partial charge in [-0.2, -0.15) is 4.31 Å². The number of nitrogens with one attached hydrogen (secondary N) is 1. The molecule has 0 bridgehead atoms. The topological polar surface area (TPSA) is 75.7 Å². The quantitative estimate of drug-likeness (QED) is 0.658. The van der Waals surface area contributed by atoms with Gasteiger partial charge in [-0.25, -0.2) is 8.42 Å². The van der Waals surface area contributed by atoms with Crippen LogP contribution in [0.15, 0.2) is 46.0 Å². The molecule has 0 radical (unpaired) electrons. The maximum Gasteiger partial charge on any atom is 0.252 e. The molecule has 1 atom stereocenters. The predicted octanol–water partition coefficient (Wildman–Crippen LogP) is 4.06. The van der Waals surface area contributed by atoms with E-state index in [2.05, 4.69) is 19.2 Å². The first kappa shape index (κ1) is 22.8. The first-order valence-corrected chi connectivity index (χ1v) is 12.6. The third kappa shape index (κ3) is 5.42. The van der Waals surface area contributed by atoms with E-state index < -0.39 is 10.0 Å². The van der Waals surface area contributed by atoms with E-state index in [0.29, 0.717) is 36.1 Å². The molecule has 1 N–H and O–H groups in total. The molecule has 1 aliphatic rings. The van der Waals surface area contributed by atoms with Crippen LogP contribution >= 0.6 is 11.3 Å². The second kappa shape index (κ2) is 9.94. The van der Waals surface area contributed by atoms with Crippen LogP contribution in [0, 0.1) is 11.8 Å². The molecule has 2 aromatic rings. The van der Waals surface area contributed by atoms with Crippen molar-refractivity contribution in [2.45, 2.75) is 43.4 Å². The third-order valence-electron chi connectivity index (χ3n) is 5.46. The molecular formula is C22H30N2O4S2. The number of carbonyl (C=O) groups excluding carboxylic acids is 1. The monoisotopic (exact) mass is 450 g/mol. The second-order valence-corrected chi connectivity index (χ2v) is 11.2. The molecule has 6 nitrogen and oxygen atoms in total. The molecule has 0 unspecified atom stereocenters. The number of methoxy groups -OCH3 is 1. The van der Waals surface area contributed by atoms with Crippen molar-refractivity contribution in [1.29, 1.82) is 0 Å². The molecule has 0 spiro atoms. The maximum atomic E-state index is 13.0. The average molecular weight is 451 g/mol. The van der Waals surface area contributed by atoms with Crippen molar-refractivity contribution in [3.8, 4) is 5.75 Å². The van der Waals surface area contributed by atoms with Crippen LogP contribution in [0.1, 0.15) is 44.7 Å². The Kier molecular flexibility index (Phi) is 7.55. The Balaban J connectivity index is 1.62. The summed E-state index contributed by atoms with van der Waals surface area (Å²) in [6.45, 7) is 5.01. The molecule has 1 saturated heterocycles. The number of hydrogen-bond acceptors (Lipinski definition) is 5. The number of carbonyl (C=O) groups is 1. The Morgan fingerprint density at radius 1 is 1.20 bits per heavy atom. The fraction of sp³-hybridized carbons (Fsp3) is 0.500. The zero-order valence-electron chi connectivity index (χ0n) is 17.7. The van der Waals surface area contributed by atoms with Gasteiger partial charge in [0, 0.05) is 19.0 Å². The Morgan fingerprint density at radius 2 is 1.87 bits per heavy atom. The third-order valence-corrected chi connectivity index (χ3v) is 8.73. The van der Waals surface area contributed by atoms with Gasteiger partial charge in [-0.3, -0.25) is 4.79 Å². The highest BCUT2D eigenvalue weighted by atomic mass is 32.2. The molecule has 30 heavy (non-hydrogen) atoms. The Morgan fingerprint density at radius 3 is 2.40 bits per heavy atom. The molecule has 3 rings (SSSR count). The van der Waals surface area contributed by atoms with Gasteiger partial charge >= 0.3 is 0 Å². The van der Waals surface area contributed by atoms with E-state index in [9.17, 15) is 13.2 Å². The molecule has 8 heteroatoms. The largest absolute Gasteiger partial charge is 0.497 e. The lowest BCUT2D eigenvalue weighted by Gasteiger charge is -2.31. The van der Waals surface area contributed by atoms with Gasteiger partial charge in [-0.15, -0.1) is 11.3 Å². The molecular weight excluding hydrogens is 420 g/mol. The minimum Gasteiger partial charge on any atom is -0.497 e. The lowest BCUT2D eigenvalue weighted by Crippen LogP contribution is -2.43. The first-order valence-electron chi connectivity index (χ1n) is 10.3. The number of hydrogen-bond donors (Lipinski definition) is 1. The van der Waals surface area contributed by atoms with Gasteiger partial charge in [0.15, 0.2) is 0 Å². The molecule has 1 amide bonds. The summed E-state index contributed by atoms with van der Waals surface area (Å²) in [5.74, 6) is 1.04. The number of thiophene rings is 1. The highest BCUT2D eigenvalue weighted by Gasteiger charge is 2.33. The Hall–Kier alpha value is -1.90. The summed E-state index contributed by atoms with van der Waals surface area (Å²) >= 11 is 1.23. The fourth-order valence-corrected chi connectivity index (χ4v) is 6.39. The molecule has 1 aliphatic heterocycles. The van der Waals surface area contributed by atoms with Crippen LogP contribution in [0.4, 0.5) is 0 Å². The number of piperidine rings is 1. The Labute approximate surface area is 183 Å². The number of ether oxygens (including phenoxy) is 1. The smallest absolute Gasteiger partial charge is 0.252 e. The van der Waals surface area contributed by atoms with Gasteiger partial charge in [-0.1, -0.05) is 32.0 Å². The molecule has 1 aromatic carbocycles. The van der Waals surface area contributed by atoms with E-state index in [1.54, 1.807) is 24.6 Å². The zero-order valence-corrected chi connectivity index (χ0v) is 19.3. The van der Waals surface area contributed by atoms with Crippen LogP contribution in [0.5, 0.6) is 5.75 Å². The van der Waals surface area contributed by atoms with Crippen LogP contribution < -0.4 is 10.1 Å². The molecule has 1 fully saturated rings. The zero-order chi connectivity index (χ0) is 21.7. The van der Waals surface area contributed by atoms with E-state index in [0.717, 1.165) is 17.7 Å². The van der Waals surface area contributed by atoms with Crippen molar-refractivity contribution in [2.24, 2.45) is 11.8 Å². The van der Waals surface area contributed by atoms with Crippen LogP contribution in [-0.4, -0.2) is 38.8 Å². The Bertz CT molecular complexity index is 917. The van der Waals surface area contributed by atoms with Crippen molar-refractivity contribution in [1.82, 2.24) is 9.62 Å². The number of sulfonamides is 1. The highest BCUT2D eigenvalue weighted by Crippen LogP contribution is 2.28. The predicted molar refractivity (Wildman–Crippen MR) is 119 cm³/mol. The molecule has 2 heterocycles. The summed E-state index contributed by atoms with van der Waals surface area (Å²) in [5.41, 5.74) is 1.05. The van der Waals surface area contributed by atoms with E-state index in [1.807, 2.05) is 24.3 Å². The van der Waals surface area contributed by atoms with Crippen molar-refractivity contribution < 1.29 is 17.9 Å². The minimum absolute atomic E-state index is 0.00430. The highest BCUT2D eigenvalue weighted by molar-refractivity contribution is 7.91. The van der Waals surface area contributed by atoms with Crippen LogP contribution in [0.25, 0.3) is 0 Å². The van der Waals surface area contributed by atoms with E-state index >= 15 is 0 Å². The number of rotatable bonds is 8. The van der Waals surface area contributed by atoms with Crippen molar-refractivity contribution >= 4 is 27.3 Å². The van der Waals surface area contributed by atoms with Crippen LogP contribution in [0.2, 0.25) is 0 Å². The SMILES string of the molecule is COc1ccc([C@@H](CC(C)C)NC(=O)C2CCN(S(=O)(=O)c3cccs3)CC2)cc1. The van der Waals surface area contributed by atoms with E-state index in [-0.39, 0.29) is 17.9 Å². The van der Waals surface area contributed by atoms with Gasteiger partial charge in [-0.05, 0) is 54.3 Å². The van der Waals surface area contributed by atoms with Crippen LogP contribution in [0.3, 0.4) is 0 Å². The summed E-state index contributed by atoms with van der Waals surface area (Å²) in [6.07, 6.45) is 1.91. The summed E-state index contributed by atoms with van der Waals surface area (Å²) < 4.78 is 32.5. The van der Waals surface area contributed by atoms with E-state index in [1.165, 1.54) is 15.6 Å². The maximum absolute atomic E-state index is 13.0. The van der Waals surface area contributed by atoms with Gasteiger partial charge in [0.05, 0.1) is 13.2 Å². The van der Waals surface area contributed by atoms with Gasteiger partial charge in [0.25, 0.3) is 10.0 Å². The molecule has 0 aliphatic carbocycles. The average Bonchev–Trinajstić information content (AvgIpc) is 3.29. The summed E-state index contributed by atoms with van der Waals surface area (Å²) in [7, 11) is -1.82.